The number of aliphatic hydroxyl groups is 1. The molecule has 1 aliphatic carbocycles. The predicted molar refractivity (Wildman–Crippen MR) is 297 cm³/mol. The maximum Gasteiger partial charge on any atom is 0.431 e. The second-order valence-corrected chi connectivity index (χ2v) is 22.3. The highest BCUT2D eigenvalue weighted by molar-refractivity contribution is 6.67. The monoisotopic (exact) mass is 1230 g/mol. The lowest BCUT2D eigenvalue weighted by atomic mass is 9.95. The van der Waals surface area contributed by atoms with Crippen molar-refractivity contribution >= 4 is 76.6 Å². The van der Waals surface area contributed by atoms with Gasteiger partial charge in [0.15, 0.2) is 55.6 Å². The number of carbonyl (C=O) groups is 7. The first-order chi connectivity index (χ1) is 40.9. The molecule has 0 bridgehead atoms. The van der Waals surface area contributed by atoms with Gasteiger partial charge in [0.1, 0.15) is 43.7 Å². The summed E-state index contributed by atoms with van der Waals surface area (Å²) in [6.45, 7) is -1.13. The minimum absolute atomic E-state index is 0.0427. The molecular weight excluding hydrogens is 1180 g/mol. The molecule has 3 heterocycles. The molecule has 0 saturated carbocycles. The fraction of sp³-hybridized carbons (Fsp3) is 0.373. The van der Waals surface area contributed by atoms with Gasteiger partial charge in [0.05, 0.1) is 25.4 Å². The number of carbonyl (C=O) groups excluding carboxylic acids is 7. The van der Waals surface area contributed by atoms with Crippen LogP contribution in [0.25, 0.3) is 11.1 Å². The molecule has 0 spiro atoms. The molecule has 0 radical (unpaired) electrons. The molecule has 9 rings (SSSR count). The Bertz CT molecular complexity index is 3100. The van der Waals surface area contributed by atoms with Crippen LogP contribution in [0.5, 0.6) is 0 Å². The fourth-order valence-electron chi connectivity index (χ4n) is 9.97. The van der Waals surface area contributed by atoms with Crippen molar-refractivity contribution in [2.45, 2.75) is 97.2 Å². The van der Waals surface area contributed by atoms with Gasteiger partial charge in [0, 0.05) is 30.9 Å². The number of alkyl carbamates (subject to hydrolysis) is 1. The summed E-state index contributed by atoms with van der Waals surface area (Å²) in [6, 6.07) is 36.4. The van der Waals surface area contributed by atoms with Crippen LogP contribution in [-0.2, 0) is 71.3 Å². The molecule has 3 saturated heterocycles. The number of benzene rings is 5. The van der Waals surface area contributed by atoms with Crippen LogP contribution < -0.4 is 16.1 Å². The second kappa shape index (κ2) is 28.8. The molecule has 3 amide bonds. The lowest BCUT2D eigenvalue weighted by molar-refractivity contribution is -0.374. The highest BCUT2D eigenvalue weighted by Crippen LogP contribution is 2.45. The lowest BCUT2D eigenvalue weighted by Crippen LogP contribution is -2.67. The van der Waals surface area contributed by atoms with Crippen LogP contribution in [0.15, 0.2) is 140 Å². The van der Waals surface area contributed by atoms with Crippen LogP contribution >= 0.6 is 34.8 Å². The Labute approximate surface area is 501 Å². The SMILES string of the molecule is CC(=O)N[C@H]1[C@@H](OC[C@H](NC(=O)OCC2c3ccccc3-c3ccccc32)C(=O)OCC(=O)c2ccccc2)O[C@H](CO[C@@H]2O[C@@H]3COC(c4ccccc4)O[C@H]3[C@H](OC(C)=O)[C@H]2ONC(=O)OCC(Cl)(Cl)Cl)[C@H](O)[C@@H]1OC(=O)c1ccccc1. The molecule has 12 atom stereocenters. The molecule has 5 aromatic rings. The van der Waals surface area contributed by atoms with Gasteiger partial charge in [-0.2, -0.15) is 5.48 Å². The summed E-state index contributed by atoms with van der Waals surface area (Å²) < 4.78 is 63.5. The molecule has 0 aromatic heterocycles. The number of Topliss-reactive ketones (excluding diaryl/α,β-unsaturated/α-hetero) is 1. The zero-order chi connectivity index (χ0) is 60.2. The van der Waals surface area contributed by atoms with Crippen LogP contribution in [-0.4, -0.2) is 158 Å². The molecule has 23 nitrogen and oxygen atoms in total. The second-order valence-electron chi connectivity index (χ2n) is 19.8. The van der Waals surface area contributed by atoms with Gasteiger partial charge in [-0.1, -0.05) is 162 Å². The van der Waals surface area contributed by atoms with Crippen LogP contribution in [0.2, 0.25) is 0 Å². The van der Waals surface area contributed by atoms with Crippen molar-refractivity contribution in [3.05, 3.63) is 167 Å². The summed E-state index contributed by atoms with van der Waals surface area (Å²) >= 11 is 17.4. The Morgan fingerprint density at radius 1 is 0.659 bits per heavy atom. The molecule has 1 unspecified atom stereocenters. The summed E-state index contributed by atoms with van der Waals surface area (Å²) in [7, 11) is 0. The van der Waals surface area contributed by atoms with E-state index in [9.17, 15) is 38.7 Å². The van der Waals surface area contributed by atoms with E-state index in [1.807, 2.05) is 48.5 Å². The Morgan fingerprint density at radius 2 is 1.28 bits per heavy atom. The number of ether oxygens (including phenoxy) is 11. The number of hydrogen-bond donors (Lipinski definition) is 4. The van der Waals surface area contributed by atoms with Crippen LogP contribution in [0.1, 0.15) is 63.5 Å². The van der Waals surface area contributed by atoms with E-state index in [2.05, 4.69) is 16.1 Å². The standard InChI is InChI=1S/C59H58Cl3N3O20/c1-32(66)63-46-49(83-52(70)35-18-8-4-9-19-35)47(69)44(29-77-56-51(85-65-58(73)79-31-59(60,61)62)50(80-33(2)67)48-45(82-56)30-76-54(84-48)36-20-10-5-11-21-36)81-55(46)75-27-42(53(71)74-28-43(68)34-16-6-3-7-17-34)64-57(72)78-26-41-39-24-14-12-22-37(39)38-23-13-15-25-40(38)41/h3-25,41-42,44-51,54-56,69H,26-31H2,1-2H3,(H,63,66)(H,64,72)(H,65,73)/t42-,44+,45+,46+,47-,48+,49+,50-,51+,54?,55-,56+/m0/s1. The summed E-state index contributed by atoms with van der Waals surface area (Å²) in [5, 5.41) is 17.3. The quantitative estimate of drug-likeness (QED) is 0.0205. The van der Waals surface area contributed by atoms with Gasteiger partial charge in [-0.05, 0) is 34.4 Å². The third-order valence-electron chi connectivity index (χ3n) is 13.8. The number of fused-ring (bicyclic) bond motifs is 4. The van der Waals surface area contributed by atoms with Crippen molar-refractivity contribution < 1.29 is 95.6 Å². The first-order valence-electron chi connectivity index (χ1n) is 26.7. The zero-order valence-corrected chi connectivity index (χ0v) is 47.6. The Morgan fingerprint density at radius 3 is 1.92 bits per heavy atom. The highest BCUT2D eigenvalue weighted by atomic mass is 35.6. The van der Waals surface area contributed by atoms with E-state index < -0.39 is 146 Å². The average molecular weight is 1240 g/mol. The van der Waals surface area contributed by atoms with Gasteiger partial charge >= 0.3 is 30.1 Å². The molecule has 85 heavy (non-hydrogen) atoms. The van der Waals surface area contributed by atoms with E-state index in [0.717, 1.165) is 36.1 Å². The van der Waals surface area contributed by atoms with Crippen molar-refractivity contribution in [1.82, 2.24) is 16.1 Å². The van der Waals surface area contributed by atoms with E-state index in [1.54, 1.807) is 66.7 Å². The van der Waals surface area contributed by atoms with Gasteiger partial charge in [0.25, 0.3) is 0 Å². The topological polar surface area (TPSA) is 287 Å². The number of ketones is 1. The van der Waals surface area contributed by atoms with Crippen molar-refractivity contribution in [1.29, 1.82) is 0 Å². The number of nitrogens with one attached hydrogen (secondary N) is 3. The fourth-order valence-corrected chi connectivity index (χ4v) is 10.1. The van der Waals surface area contributed by atoms with Gasteiger partial charge in [-0.25, -0.2) is 19.2 Å². The van der Waals surface area contributed by atoms with Gasteiger partial charge in [-0.15, -0.1) is 0 Å². The van der Waals surface area contributed by atoms with Crippen LogP contribution in [0.3, 0.4) is 0 Å². The maximum atomic E-state index is 14.1. The van der Waals surface area contributed by atoms with Gasteiger partial charge in [0.2, 0.25) is 9.70 Å². The molecular formula is C59H58Cl3N3O20. The molecule has 26 heteroatoms. The number of rotatable bonds is 21. The number of halogens is 3. The van der Waals surface area contributed by atoms with E-state index in [4.69, 9.17) is 91.7 Å². The smallest absolute Gasteiger partial charge is 0.431 e. The van der Waals surface area contributed by atoms with E-state index in [0.29, 0.717) is 5.56 Å². The molecule has 3 fully saturated rings. The number of hydrogen-bond acceptors (Lipinski definition) is 20. The number of alkyl halides is 3. The first kappa shape index (κ1) is 62.3. The predicted octanol–water partition coefficient (Wildman–Crippen LogP) is 6.34. The Balaban J connectivity index is 0.984. The minimum Gasteiger partial charge on any atom is -0.457 e. The Kier molecular flexibility index (Phi) is 21.1. The molecule has 3 aliphatic heterocycles. The number of amides is 3. The van der Waals surface area contributed by atoms with Crippen molar-refractivity contribution in [3.8, 4) is 11.1 Å². The van der Waals surface area contributed by atoms with E-state index in [1.165, 1.54) is 24.3 Å². The number of esters is 3. The van der Waals surface area contributed by atoms with E-state index >= 15 is 0 Å². The number of aliphatic hydroxyl groups excluding tert-OH is 1. The van der Waals surface area contributed by atoms with Crippen molar-refractivity contribution in [2.24, 2.45) is 0 Å². The van der Waals surface area contributed by atoms with Crippen LogP contribution in [0.4, 0.5) is 9.59 Å². The first-order valence-corrected chi connectivity index (χ1v) is 27.8. The molecule has 450 valence electrons. The van der Waals surface area contributed by atoms with Crippen molar-refractivity contribution in [3.63, 3.8) is 0 Å². The van der Waals surface area contributed by atoms with Gasteiger partial charge in [-0.3, -0.25) is 19.2 Å². The minimum atomic E-state index is -2.02. The molecule has 4 aliphatic rings. The Hall–Kier alpha value is -7.26. The average Bonchev–Trinajstić information content (AvgIpc) is 2.79. The number of hydroxylamine groups is 1. The zero-order valence-electron chi connectivity index (χ0n) is 45.4. The summed E-state index contributed by atoms with van der Waals surface area (Å²) in [4.78, 5) is 99.6. The largest absolute Gasteiger partial charge is 0.457 e. The van der Waals surface area contributed by atoms with E-state index in [-0.39, 0.29) is 30.3 Å². The summed E-state index contributed by atoms with van der Waals surface area (Å²) in [6.07, 6.45) is -17.4. The summed E-state index contributed by atoms with van der Waals surface area (Å²) in [5.74, 6) is -4.61. The normalized spacial score (nSPS) is 24.6. The molecule has 4 N–H and O–H groups in total. The highest BCUT2D eigenvalue weighted by Gasteiger charge is 2.55. The summed E-state index contributed by atoms with van der Waals surface area (Å²) in [5.41, 5.74) is 6.67. The van der Waals surface area contributed by atoms with Crippen molar-refractivity contribution in [2.75, 3.05) is 39.6 Å². The van der Waals surface area contributed by atoms with Crippen LogP contribution in [0, 0.1) is 0 Å². The molecule has 5 aromatic carbocycles. The van der Waals surface area contributed by atoms with Gasteiger partial charge < -0.3 is 67.8 Å². The third-order valence-corrected chi connectivity index (χ3v) is 14.1. The maximum absolute atomic E-state index is 14.1. The third kappa shape index (κ3) is 16.2. The lowest BCUT2D eigenvalue weighted by Gasteiger charge is -2.48.